The van der Waals surface area contributed by atoms with Gasteiger partial charge in [0.15, 0.2) is 11.6 Å². The van der Waals surface area contributed by atoms with Crippen molar-refractivity contribution in [2.75, 3.05) is 31.1 Å². The second-order valence-corrected chi connectivity index (χ2v) is 6.21. The summed E-state index contributed by atoms with van der Waals surface area (Å²) in [5.74, 6) is 0.664. The third kappa shape index (κ3) is 3.67. The molecule has 4 rings (SSSR count). The number of H-pyrrole nitrogens is 1. The quantitative estimate of drug-likeness (QED) is 0.760. The van der Waals surface area contributed by atoms with Crippen LogP contribution in [0.5, 0.6) is 0 Å². The van der Waals surface area contributed by atoms with Gasteiger partial charge in [-0.25, -0.2) is 9.37 Å². The average Bonchev–Trinajstić information content (AvgIpc) is 3.11. The van der Waals surface area contributed by atoms with Gasteiger partial charge in [0.2, 0.25) is 5.82 Å². The highest BCUT2D eigenvalue weighted by molar-refractivity contribution is 5.48. The van der Waals surface area contributed by atoms with Crippen molar-refractivity contribution in [1.29, 1.82) is 0 Å². The second kappa shape index (κ2) is 7.52. The molecule has 1 fully saturated rings. The van der Waals surface area contributed by atoms with Crippen molar-refractivity contribution in [3.8, 4) is 11.5 Å². The fourth-order valence-electron chi connectivity index (χ4n) is 3.17. The van der Waals surface area contributed by atoms with Crippen LogP contribution in [-0.4, -0.2) is 61.7 Å². The maximum absolute atomic E-state index is 14.0. The predicted molar refractivity (Wildman–Crippen MR) is 93.7 cm³/mol. The summed E-state index contributed by atoms with van der Waals surface area (Å²) in [6.07, 6.45) is 4.35. The molecule has 0 radical (unpaired) electrons. The number of aromatic amines is 1. The number of rotatable bonds is 4. The third-order valence-corrected chi connectivity index (χ3v) is 4.43. The first kappa shape index (κ1) is 16.5. The predicted octanol–water partition coefficient (Wildman–Crippen LogP) is 1.51. The van der Waals surface area contributed by atoms with E-state index in [1.807, 2.05) is 17.0 Å². The van der Waals surface area contributed by atoms with E-state index in [-0.39, 0.29) is 5.82 Å². The van der Waals surface area contributed by atoms with Crippen LogP contribution in [0.15, 0.2) is 36.7 Å². The van der Waals surface area contributed by atoms with Crippen molar-refractivity contribution in [3.05, 3.63) is 48.0 Å². The zero-order valence-corrected chi connectivity index (χ0v) is 14.2. The van der Waals surface area contributed by atoms with Crippen LogP contribution >= 0.6 is 0 Å². The fourth-order valence-corrected chi connectivity index (χ4v) is 3.17. The molecule has 3 aromatic rings. The van der Waals surface area contributed by atoms with E-state index < -0.39 is 0 Å². The third-order valence-electron chi connectivity index (χ3n) is 4.43. The first-order valence-electron chi connectivity index (χ1n) is 8.56. The molecule has 1 saturated heterocycles. The van der Waals surface area contributed by atoms with Crippen molar-refractivity contribution in [2.45, 2.75) is 13.0 Å². The monoisotopic (exact) mass is 354 g/mol. The van der Waals surface area contributed by atoms with Gasteiger partial charge in [-0.1, -0.05) is 0 Å². The van der Waals surface area contributed by atoms with Crippen molar-refractivity contribution in [3.63, 3.8) is 0 Å². The second-order valence-electron chi connectivity index (χ2n) is 6.21. The largest absolute Gasteiger partial charge is 0.353 e. The maximum Gasteiger partial charge on any atom is 0.222 e. The van der Waals surface area contributed by atoms with Crippen molar-refractivity contribution < 1.29 is 4.39 Å². The molecule has 0 amide bonds. The molecule has 3 aromatic heterocycles. The van der Waals surface area contributed by atoms with Gasteiger partial charge in [0.1, 0.15) is 5.69 Å². The molecule has 9 heteroatoms. The lowest BCUT2D eigenvalue weighted by Crippen LogP contribution is -2.31. The lowest BCUT2D eigenvalue weighted by atomic mass is 10.2. The molecule has 26 heavy (non-hydrogen) atoms. The highest BCUT2D eigenvalue weighted by Gasteiger charge is 2.18. The van der Waals surface area contributed by atoms with Gasteiger partial charge in [0.25, 0.3) is 0 Å². The molecule has 0 atom stereocenters. The molecule has 0 aromatic carbocycles. The Morgan fingerprint density at radius 1 is 1.08 bits per heavy atom. The van der Waals surface area contributed by atoms with E-state index in [9.17, 15) is 4.39 Å². The molecule has 1 aliphatic heterocycles. The summed E-state index contributed by atoms with van der Waals surface area (Å²) in [5, 5.41) is 13.9. The van der Waals surface area contributed by atoms with Crippen LogP contribution in [0.3, 0.4) is 0 Å². The van der Waals surface area contributed by atoms with E-state index >= 15 is 0 Å². The Bertz CT molecular complexity index is 853. The average molecular weight is 354 g/mol. The minimum Gasteiger partial charge on any atom is -0.353 e. The summed E-state index contributed by atoms with van der Waals surface area (Å²) in [5.41, 5.74) is 1.83. The Morgan fingerprint density at radius 3 is 2.88 bits per heavy atom. The number of hydrogen-bond donors (Lipinski definition) is 1. The standard InChI is InChI=1S/C17H19FN8/c18-14-3-1-5-20-17(14)26-8-2-7-25(9-10-26)12-13-4-6-19-15(11-13)16-21-23-24-22-16/h1,3-6,11H,2,7-10,12H2,(H,21,22,23,24). The Hall–Kier alpha value is -2.94. The van der Waals surface area contributed by atoms with Gasteiger partial charge in [-0.05, 0) is 41.5 Å². The van der Waals surface area contributed by atoms with E-state index in [4.69, 9.17) is 0 Å². The number of anilines is 1. The molecule has 0 saturated carbocycles. The van der Waals surface area contributed by atoms with E-state index in [2.05, 4.69) is 35.5 Å². The van der Waals surface area contributed by atoms with Crippen LogP contribution in [-0.2, 0) is 6.54 Å². The molecule has 0 bridgehead atoms. The van der Waals surface area contributed by atoms with Crippen molar-refractivity contribution in [2.24, 2.45) is 0 Å². The number of nitrogens with zero attached hydrogens (tertiary/aromatic N) is 7. The SMILES string of the molecule is Fc1cccnc1N1CCCN(Cc2ccnc(-c3nn[nH]n3)c2)CC1. The summed E-state index contributed by atoms with van der Waals surface area (Å²) in [6, 6.07) is 7.05. The molecule has 0 spiro atoms. The van der Waals surface area contributed by atoms with Crippen LogP contribution < -0.4 is 4.90 Å². The van der Waals surface area contributed by atoms with Gasteiger partial charge in [-0.2, -0.15) is 5.21 Å². The Kier molecular flexibility index (Phi) is 4.78. The number of tetrazole rings is 1. The maximum atomic E-state index is 14.0. The minimum atomic E-state index is -0.264. The van der Waals surface area contributed by atoms with Crippen LogP contribution in [0.4, 0.5) is 10.2 Å². The molecule has 0 unspecified atom stereocenters. The van der Waals surface area contributed by atoms with Crippen LogP contribution in [0.1, 0.15) is 12.0 Å². The Balaban J connectivity index is 1.42. The number of hydrogen-bond acceptors (Lipinski definition) is 7. The van der Waals surface area contributed by atoms with Gasteiger partial charge >= 0.3 is 0 Å². The normalized spacial score (nSPS) is 15.8. The summed E-state index contributed by atoms with van der Waals surface area (Å²) in [7, 11) is 0. The lowest BCUT2D eigenvalue weighted by molar-refractivity contribution is 0.285. The van der Waals surface area contributed by atoms with E-state index in [0.717, 1.165) is 44.7 Å². The van der Waals surface area contributed by atoms with Crippen molar-refractivity contribution in [1.82, 2.24) is 35.5 Å². The number of halogens is 1. The first-order chi connectivity index (χ1) is 12.8. The summed E-state index contributed by atoms with van der Waals surface area (Å²) >= 11 is 0. The molecule has 4 heterocycles. The molecule has 1 N–H and O–H groups in total. The van der Waals surface area contributed by atoms with E-state index in [1.54, 1.807) is 18.5 Å². The van der Waals surface area contributed by atoms with Gasteiger partial charge < -0.3 is 4.90 Å². The van der Waals surface area contributed by atoms with Crippen molar-refractivity contribution >= 4 is 5.82 Å². The molecule has 0 aliphatic carbocycles. The van der Waals surface area contributed by atoms with Gasteiger partial charge in [-0.15, -0.1) is 10.2 Å². The van der Waals surface area contributed by atoms with E-state index in [1.165, 1.54) is 6.07 Å². The highest BCUT2D eigenvalue weighted by atomic mass is 19.1. The zero-order chi connectivity index (χ0) is 17.8. The van der Waals surface area contributed by atoms with E-state index in [0.29, 0.717) is 17.3 Å². The summed E-state index contributed by atoms with van der Waals surface area (Å²) in [4.78, 5) is 12.9. The van der Waals surface area contributed by atoms with Crippen LogP contribution in [0.2, 0.25) is 0 Å². The number of nitrogens with one attached hydrogen (secondary N) is 1. The van der Waals surface area contributed by atoms with Gasteiger partial charge in [-0.3, -0.25) is 9.88 Å². The van der Waals surface area contributed by atoms with Gasteiger partial charge in [0, 0.05) is 45.1 Å². The molecular weight excluding hydrogens is 335 g/mol. The summed E-state index contributed by atoms with van der Waals surface area (Å²) < 4.78 is 14.0. The molecule has 8 nitrogen and oxygen atoms in total. The Labute approximate surface area is 150 Å². The number of aromatic nitrogens is 6. The number of pyridine rings is 2. The fraction of sp³-hybridized carbons (Fsp3) is 0.353. The Morgan fingerprint density at radius 2 is 2.04 bits per heavy atom. The molecule has 1 aliphatic rings. The van der Waals surface area contributed by atoms with Crippen LogP contribution in [0, 0.1) is 5.82 Å². The topological polar surface area (TPSA) is 86.7 Å². The summed E-state index contributed by atoms with van der Waals surface area (Å²) in [6.45, 7) is 4.14. The van der Waals surface area contributed by atoms with Gasteiger partial charge in [0.05, 0.1) is 0 Å². The molecule has 134 valence electrons. The highest BCUT2D eigenvalue weighted by Crippen LogP contribution is 2.19. The minimum absolute atomic E-state index is 0.264. The first-order valence-corrected chi connectivity index (χ1v) is 8.56. The van der Waals surface area contributed by atoms with Crippen LogP contribution in [0.25, 0.3) is 11.5 Å². The molecular formula is C17H19FN8. The smallest absolute Gasteiger partial charge is 0.222 e. The lowest BCUT2D eigenvalue weighted by Gasteiger charge is -2.23. The zero-order valence-electron chi connectivity index (χ0n) is 14.2.